The van der Waals surface area contributed by atoms with Crippen LogP contribution >= 0.6 is 0 Å². The normalized spacial score (nSPS) is 21.2. The summed E-state index contributed by atoms with van der Waals surface area (Å²) in [5.74, 6) is 0.127. The zero-order chi connectivity index (χ0) is 13.7. The Morgan fingerprint density at radius 2 is 2.17 bits per heavy atom. The molecule has 0 aromatic heterocycles. The topological polar surface area (TPSA) is 40.6 Å². The zero-order valence-electron chi connectivity index (χ0n) is 12.1. The van der Waals surface area contributed by atoms with Gasteiger partial charge in [-0.25, -0.2) is 0 Å². The molecule has 1 rings (SSSR count). The summed E-state index contributed by atoms with van der Waals surface area (Å²) in [6.45, 7) is 7.63. The fourth-order valence-corrected chi connectivity index (χ4v) is 2.36. The summed E-state index contributed by atoms with van der Waals surface area (Å²) in [5.41, 5.74) is 0. The van der Waals surface area contributed by atoms with Crippen molar-refractivity contribution in [3.05, 3.63) is 0 Å². The van der Waals surface area contributed by atoms with Crippen LogP contribution in [0.1, 0.15) is 46.5 Å². The van der Waals surface area contributed by atoms with Gasteiger partial charge < -0.3 is 9.80 Å². The number of carbonyl (C=O) groups is 2. The fraction of sp³-hybridized carbons (Fsp3) is 0.857. The van der Waals surface area contributed by atoms with Gasteiger partial charge in [0.1, 0.15) is 0 Å². The van der Waals surface area contributed by atoms with Crippen molar-refractivity contribution in [1.29, 1.82) is 0 Å². The monoisotopic (exact) mass is 254 g/mol. The molecule has 0 aromatic carbocycles. The molecule has 1 heterocycles. The Balaban J connectivity index is 2.54. The fourth-order valence-electron chi connectivity index (χ4n) is 2.36. The minimum Gasteiger partial charge on any atom is -0.345 e. The second-order valence-electron chi connectivity index (χ2n) is 5.32. The lowest BCUT2D eigenvalue weighted by atomic mass is 10.1. The van der Waals surface area contributed by atoms with E-state index in [1.54, 1.807) is 4.90 Å². The van der Waals surface area contributed by atoms with Gasteiger partial charge in [-0.05, 0) is 19.8 Å². The third-order valence-corrected chi connectivity index (χ3v) is 3.85. The minimum atomic E-state index is -0.131. The third kappa shape index (κ3) is 3.47. The standard InChI is InChI=1S/C14H26N2O2/c1-5-7-8-15(4)14(18)12-9-13(17)16(10-12)11(3)6-2/h11-12H,5-10H2,1-4H3. The van der Waals surface area contributed by atoms with Crippen molar-refractivity contribution in [3.8, 4) is 0 Å². The Labute approximate surface area is 110 Å². The molecule has 1 saturated heterocycles. The smallest absolute Gasteiger partial charge is 0.227 e. The van der Waals surface area contributed by atoms with Gasteiger partial charge in [0.25, 0.3) is 0 Å². The van der Waals surface area contributed by atoms with Crippen molar-refractivity contribution in [1.82, 2.24) is 9.80 Å². The molecular formula is C14H26N2O2. The van der Waals surface area contributed by atoms with Crippen LogP contribution in [0, 0.1) is 5.92 Å². The van der Waals surface area contributed by atoms with E-state index in [4.69, 9.17) is 0 Å². The molecule has 1 aliphatic rings. The average molecular weight is 254 g/mol. The maximum absolute atomic E-state index is 12.2. The summed E-state index contributed by atoms with van der Waals surface area (Å²) in [7, 11) is 1.84. The molecule has 0 aliphatic carbocycles. The SMILES string of the molecule is CCCCN(C)C(=O)C1CC(=O)N(C(C)CC)C1. The molecule has 0 radical (unpaired) electrons. The number of hydrogen-bond acceptors (Lipinski definition) is 2. The van der Waals surface area contributed by atoms with Gasteiger partial charge >= 0.3 is 0 Å². The molecular weight excluding hydrogens is 228 g/mol. The van der Waals surface area contributed by atoms with Crippen LogP contribution in [0.2, 0.25) is 0 Å². The van der Waals surface area contributed by atoms with Gasteiger partial charge in [-0.1, -0.05) is 20.3 Å². The molecule has 4 nitrogen and oxygen atoms in total. The van der Waals surface area contributed by atoms with Gasteiger partial charge in [0.05, 0.1) is 5.92 Å². The Kier molecular flexibility index (Phi) is 5.63. The van der Waals surface area contributed by atoms with Crippen LogP contribution in [-0.2, 0) is 9.59 Å². The van der Waals surface area contributed by atoms with Crippen LogP contribution in [0.4, 0.5) is 0 Å². The molecule has 2 atom stereocenters. The van der Waals surface area contributed by atoms with Gasteiger partial charge in [-0.2, -0.15) is 0 Å². The van der Waals surface area contributed by atoms with Gasteiger partial charge in [-0.15, -0.1) is 0 Å². The highest BCUT2D eigenvalue weighted by molar-refractivity contribution is 5.89. The molecule has 0 bridgehead atoms. The van der Waals surface area contributed by atoms with Crippen molar-refractivity contribution in [2.45, 2.75) is 52.5 Å². The highest BCUT2D eigenvalue weighted by atomic mass is 16.2. The number of nitrogens with zero attached hydrogens (tertiary/aromatic N) is 2. The highest BCUT2D eigenvalue weighted by Gasteiger charge is 2.37. The summed E-state index contributed by atoms with van der Waals surface area (Å²) in [5, 5.41) is 0. The van der Waals surface area contributed by atoms with E-state index >= 15 is 0 Å². The van der Waals surface area contributed by atoms with E-state index in [9.17, 15) is 9.59 Å². The predicted molar refractivity (Wildman–Crippen MR) is 72.1 cm³/mol. The van der Waals surface area contributed by atoms with E-state index in [1.807, 2.05) is 18.9 Å². The van der Waals surface area contributed by atoms with Crippen LogP contribution in [0.3, 0.4) is 0 Å². The van der Waals surface area contributed by atoms with Crippen molar-refractivity contribution >= 4 is 11.8 Å². The summed E-state index contributed by atoms with van der Waals surface area (Å²) >= 11 is 0. The second-order valence-corrected chi connectivity index (χ2v) is 5.32. The molecule has 2 amide bonds. The first-order valence-electron chi connectivity index (χ1n) is 7.05. The molecule has 2 unspecified atom stereocenters. The number of likely N-dealkylation sites (tertiary alicyclic amines) is 1. The highest BCUT2D eigenvalue weighted by Crippen LogP contribution is 2.23. The van der Waals surface area contributed by atoms with Crippen molar-refractivity contribution in [2.75, 3.05) is 20.1 Å². The van der Waals surface area contributed by atoms with Crippen LogP contribution in [0.25, 0.3) is 0 Å². The number of amides is 2. The van der Waals surface area contributed by atoms with Gasteiger partial charge in [-0.3, -0.25) is 9.59 Å². The Bertz CT molecular complexity index is 304. The predicted octanol–water partition coefficient (Wildman–Crippen LogP) is 1.89. The molecule has 4 heteroatoms. The molecule has 1 fully saturated rings. The molecule has 0 spiro atoms. The number of carbonyl (C=O) groups excluding carboxylic acids is 2. The van der Waals surface area contributed by atoms with E-state index in [-0.39, 0.29) is 23.8 Å². The lowest BCUT2D eigenvalue weighted by Gasteiger charge is -2.24. The Hall–Kier alpha value is -1.06. The molecule has 0 N–H and O–H groups in total. The number of unbranched alkanes of at least 4 members (excludes halogenated alkanes) is 1. The summed E-state index contributed by atoms with van der Waals surface area (Å²) in [4.78, 5) is 27.7. The molecule has 18 heavy (non-hydrogen) atoms. The largest absolute Gasteiger partial charge is 0.345 e. The summed E-state index contributed by atoms with van der Waals surface area (Å²) in [6.07, 6.45) is 3.44. The van der Waals surface area contributed by atoms with E-state index in [1.165, 1.54) is 0 Å². The Morgan fingerprint density at radius 1 is 1.50 bits per heavy atom. The van der Waals surface area contributed by atoms with Gasteiger partial charge in [0, 0.05) is 32.6 Å². The first kappa shape index (κ1) is 15.0. The van der Waals surface area contributed by atoms with Crippen molar-refractivity contribution in [3.63, 3.8) is 0 Å². The average Bonchev–Trinajstić information content (AvgIpc) is 2.76. The van der Waals surface area contributed by atoms with Crippen LogP contribution < -0.4 is 0 Å². The van der Waals surface area contributed by atoms with E-state index in [0.717, 1.165) is 25.8 Å². The number of rotatable bonds is 6. The number of hydrogen-bond donors (Lipinski definition) is 0. The van der Waals surface area contributed by atoms with E-state index in [2.05, 4.69) is 13.8 Å². The maximum Gasteiger partial charge on any atom is 0.227 e. The van der Waals surface area contributed by atoms with Gasteiger partial charge in [0.2, 0.25) is 11.8 Å². The lowest BCUT2D eigenvalue weighted by molar-refractivity contribution is -0.134. The van der Waals surface area contributed by atoms with E-state index in [0.29, 0.717) is 13.0 Å². The summed E-state index contributed by atoms with van der Waals surface area (Å²) in [6, 6.07) is 0.247. The maximum atomic E-state index is 12.2. The second kappa shape index (κ2) is 6.76. The molecule has 0 aromatic rings. The van der Waals surface area contributed by atoms with E-state index < -0.39 is 0 Å². The third-order valence-electron chi connectivity index (χ3n) is 3.85. The quantitative estimate of drug-likeness (QED) is 0.726. The van der Waals surface area contributed by atoms with Crippen molar-refractivity contribution in [2.24, 2.45) is 5.92 Å². The van der Waals surface area contributed by atoms with Crippen LogP contribution in [-0.4, -0.2) is 47.8 Å². The molecule has 104 valence electrons. The van der Waals surface area contributed by atoms with Crippen LogP contribution in [0.5, 0.6) is 0 Å². The minimum absolute atomic E-state index is 0.127. The first-order valence-corrected chi connectivity index (χ1v) is 7.05. The summed E-state index contributed by atoms with van der Waals surface area (Å²) < 4.78 is 0. The van der Waals surface area contributed by atoms with Crippen LogP contribution in [0.15, 0.2) is 0 Å². The lowest BCUT2D eigenvalue weighted by Crippen LogP contribution is -2.37. The van der Waals surface area contributed by atoms with Gasteiger partial charge in [0.15, 0.2) is 0 Å². The van der Waals surface area contributed by atoms with Crippen molar-refractivity contribution < 1.29 is 9.59 Å². The molecule has 1 aliphatic heterocycles. The Morgan fingerprint density at radius 3 is 2.72 bits per heavy atom. The molecule has 0 saturated carbocycles. The zero-order valence-corrected chi connectivity index (χ0v) is 12.1. The first-order chi connectivity index (χ1) is 8.51.